The minimum Gasteiger partial charge on any atom is -0.430 e. The van der Waals surface area contributed by atoms with Crippen LogP contribution in [0, 0.1) is 0 Å². The second-order valence-electron chi connectivity index (χ2n) is 4.78. The molecule has 0 saturated heterocycles. The van der Waals surface area contributed by atoms with Crippen LogP contribution in [0.3, 0.4) is 0 Å². The van der Waals surface area contributed by atoms with Crippen LogP contribution in [0.25, 0.3) is 0 Å². The Bertz CT molecular complexity index is 449. The van der Waals surface area contributed by atoms with Crippen molar-refractivity contribution >= 4 is 0 Å². The Balaban J connectivity index is 2.15. The SMILES string of the molecule is CC(C)(C)c1ccc(Oc2ccccc2)o1. The smallest absolute Gasteiger partial charge is 0.290 e. The molecule has 0 radical (unpaired) electrons. The standard InChI is InChI=1S/C14H16O2/c1-14(2,3)12-9-10-13(16-12)15-11-7-5-4-6-8-11/h4-10H,1-3H3. The van der Waals surface area contributed by atoms with Crippen LogP contribution in [0.2, 0.25) is 0 Å². The van der Waals surface area contributed by atoms with Gasteiger partial charge in [-0.15, -0.1) is 0 Å². The molecule has 16 heavy (non-hydrogen) atoms. The molecule has 0 aliphatic heterocycles. The second kappa shape index (κ2) is 4.05. The molecule has 1 aromatic heterocycles. The third kappa shape index (κ3) is 2.45. The van der Waals surface area contributed by atoms with E-state index in [-0.39, 0.29) is 5.41 Å². The fraction of sp³-hybridized carbons (Fsp3) is 0.286. The van der Waals surface area contributed by atoms with E-state index in [2.05, 4.69) is 20.8 Å². The fourth-order valence-corrected chi connectivity index (χ4v) is 1.38. The molecule has 0 unspecified atom stereocenters. The van der Waals surface area contributed by atoms with E-state index in [4.69, 9.17) is 9.15 Å². The maximum atomic E-state index is 5.63. The van der Waals surface area contributed by atoms with Gasteiger partial charge in [0.2, 0.25) is 0 Å². The summed E-state index contributed by atoms with van der Waals surface area (Å²) >= 11 is 0. The topological polar surface area (TPSA) is 22.4 Å². The summed E-state index contributed by atoms with van der Waals surface area (Å²) in [6.07, 6.45) is 0. The summed E-state index contributed by atoms with van der Waals surface area (Å²) in [7, 11) is 0. The van der Waals surface area contributed by atoms with Crippen LogP contribution < -0.4 is 4.74 Å². The number of hydrogen-bond acceptors (Lipinski definition) is 2. The molecule has 1 heterocycles. The highest BCUT2D eigenvalue weighted by Gasteiger charge is 2.18. The van der Waals surface area contributed by atoms with Crippen LogP contribution >= 0.6 is 0 Å². The van der Waals surface area contributed by atoms with Gasteiger partial charge in [0.05, 0.1) is 0 Å². The van der Waals surface area contributed by atoms with Gasteiger partial charge in [-0.3, -0.25) is 0 Å². The molecule has 0 aliphatic carbocycles. The first-order valence-electron chi connectivity index (χ1n) is 5.39. The maximum absolute atomic E-state index is 5.63. The van der Waals surface area contributed by atoms with Gasteiger partial charge in [-0.05, 0) is 18.2 Å². The number of hydrogen-bond donors (Lipinski definition) is 0. The molecule has 0 spiro atoms. The highest BCUT2D eigenvalue weighted by atomic mass is 16.6. The van der Waals surface area contributed by atoms with Crippen molar-refractivity contribution < 1.29 is 9.15 Å². The van der Waals surface area contributed by atoms with Crippen LogP contribution in [0.4, 0.5) is 0 Å². The van der Waals surface area contributed by atoms with E-state index < -0.39 is 0 Å². The Hall–Kier alpha value is -1.70. The third-order valence-electron chi connectivity index (χ3n) is 2.28. The molecule has 0 fully saturated rings. The van der Waals surface area contributed by atoms with Crippen molar-refractivity contribution in [2.24, 2.45) is 0 Å². The Morgan fingerprint density at radius 2 is 1.62 bits per heavy atom. The molecule has 0 saturated carbocycles. The summed E-state index contributed by atoms with van der Waals surface area (Å²) in [6, 6.07) is 13.4. The zero-order valence-electron chi connectivity index (χ0n) is 9.86. The van der Waals surface area contributed by atoms with E-state index in [1.54, 1.807) is 0 Å². The molecule has 0 atom stereocenters. The average molecular weight is 216 g/mol. The Morgan fingerprint density at radius 1 is 0.938 bits per heavy atom. The van der Waals surface area contributed by atoms with E-state index in [1.807, 2.05) is 42.5 Å². The molecule has 2 heteroatoms. The van der Waals surface area contributed by atoms with Crippen molar-refractivity contribution in [2.45, 2.75) is 26.2 Å². The molecule has 0 bridgehead atoms. The fourth-order valence-electron chi connectivity index (χ4n) is 1.38. The molecule has 2 nitrogen and oxygen atoms in total. The van der Waals surface area contributed by atoms with E-state index in [1.165, 1.54) is 0 Å². The number of ether oxygens (including phenoxy) is 1. The van der Waals surface area contributed by atoms with Crippen LogP contribution in [0.5, 0.6) is 11.7 Å². The minimum atomic E-state index is 0.0122. The van der Waals surface area contributed by atoms with Crippen LogP contribution in [0.1, 0.15) is 26.5 Å². The Labute approximate surface area is 95.9 Å². The molecule has 0 N–H and O–H groups in total. The van der Waals surface area contributed by atoms with Crippen molar-refractivity contribution in [2.75, 3.05) is 0 Å². The average Bonchev–Trinajstić information content (AvgIpc) is 2.67. The molecule has 1 aromatic carbocycles. The quantitative estimate of drug-likeness (QED) is 0.743. The van der Waals surface area contributed by atoms with Gasteiger partial charge in [0.1, 0.15) is 11.5 Å². The van der Waals surface area contributed by atoms with Gasteiger partial charge in [-0.25, -0.2) is 0 Å². The predicted octanol–water partition coefficient (Wildman–Crippen LogP) is 4.37. The molecule has 84 valence electrons. The van der Waals surface area contributed by atoms with Crippen LogP contribution in [0.15, 0.2) is 46.9 Å². The van der Waals surface area contributed by atoms with Gasteiger partial charge < -0.3 is 9.15 Å². The first-order valence-corrected chi connectivity index (χ1v) is 5.39. The van der Waals surface area contributed by atoms with Gasteiger partial charge in [-0.2, -0.15) is 0 Å². The van der Waals surface area contributed by atoms with Gasteiger partial charge in [0.25, 0.3) is 5.95 Å². The summed E-state index contributed by atoms with van der Waals surface area (Å²) in [5.74, 6) is 2.26. The molecule has 0 aliphatic rings. The summed E-state index contributed by atoms with van der Waals surface area (Å²) < 4.78 is 11.2. The second-order valence-corrected chi connectivity index (χ2v) is 4.78. The molecule has 2 rings (SSSR count). The van der Waals surface area contributed by atoms with Crippen molar-refractivity contribution in [3.05, 3.63) is 48.2 Å². The van der Waals surface area contributed by atoms with E-state index in [0.29, 0.717) is 5.95 Å². The zero-order valence-corrected chi connectivity index (χ0v) is 9.86. The number of rotatable bonds is 2. The number of furan rings is 1. The highest BCUT2D eigenvalue weighted by molar-refractivity contribution is 5.27. The third-order valence-corrected chi connectivity index (χ3v) is 2.28. The van der Waals surface area contributed by atoms with Crippen molar-refractivity contribution in [1.29, 1.82) is 0 Å². The lowest BCUT2D eigenvalue weighted by Crippen LogP contribution is -2.08. The molecule has 0 amide bonds. The van der Waals surface area contributed by atoms with Crippen molar-refractivity contribution in [3.63, 3.8) is 0 Å². The summed E-state index contributed by atoms with van der Waals surface area (Å²) in [5, 5.41) is 0. The number of benzene rings is 1. The first-order chi connectivity index (χ1) is 7.55. The van der Waals surface area contributed by atoms with E-state index in [9.17, 15) is 0 Å². The summed E-state index contributed by atoms with van der Waals surface area (Å²) in [5.41, 5.74) is 0.0122. The molecular weight excluding hydrogens is 200 g/mol. The molecular formula is C14H16O2. The Kier molecular flexibility index (Phi) is 2.73. The van der Waals surface area contributed by atoms with Gasteiger partial charge in [0, 0.05) is 11.5 Å². The lowest BCUT2D eigenvalue weighted by molar-refractivity contribution is 0.306. The normalized spacial score (nSPS) is 11.4. The van der Waals surface area contributed by atoms with Gasteiger partial charge in [0.15, 0.2) is 0 Å². The lowest BCUT2D eigenvalue weighted by atomic mass is 9.94. The van der Waals surface area contributed by atoms with E-state index in [0.717, 1.165) is 11.5 Å². The predicted molar refractivity (Wildman–Crippen MR) is 63.9 cm³/mol. The summed E-state index contributed by atoms with van der Waals surface area (Å²) in [4.78, 5) is 0. The lowest BCUT2D eigenvalue weighted by Gasteiger charge is -2.13. The maximum Gasteiger partial charge on any atom is 0.290 e. The van der Waals surface area contributed by atoms with Crippen molar-refractivity contribution in [1.82, 2.24) is 0 Å². The minimum absolute atomic E-state index is 0.0122. The number of para-hydroxylation sites is 1. The largest absolute Gasteiger partial charge is 0.430 e. The first kappa shape index (κ1) is 10.8. The zero-order chi connectivity index (χ0) is 11.6. The molecule has 2 aromatic rings. The van der Waals surface area contributed by atoms with Gasteiger partial charge in [-0.1, -0.05) is 39.0 Å². The Morgan fingerprint density at radius 3 is 2.19 bits per heavy atom. The van der Waals surface area contributed by atoms with Crippen LogP contribution in [-0.2, 0) is 5.41 Å². The highest BCUT2D eigenvalue weighted by Crippen LogP contribution is 2.30. The monoisotopic (exact) mass is 216 g/mol. The summed E-state index contributed by atoms with van der Waals surface area (Å²) in [6.45, 7) is 6.33. The van der Waals surface area contributed by atoms with Crippen molar-refractivity contribution in [3.8, 4) is 11.7 Å². The van der Waals surface area contributed by atoms with Crippen LogP contribution in [-0.4, -0.2) is 0 Å². The van der Waals surface area contributed by atoms with E-state index >= 15 is 0 Å². The van der Waals surface area contributed by atoms with Gasteiger partial charge >= 0.3 is 0 Å².